The summed E-state index contributed by atoms with van der Waals surface area (Å²) in [5.41, 5.74) is 1.32. The fourth-order valence-electron chi connectivity index (χ4n) is 2.36. The zero-order valence-electron chi connectivity index (χ0n) is 13.8. The van der Waals surface area contributed by atoms with Crippen LogP contribution in [0.15, 0.2) is 40.2 Å². The predicted octanol–water partition coefficient (Wildman–Crippen LogP) is 1.56. The molecule has 0 aliphatic carbocycles. The summed E-state index contributed by atoms with van der Waals surface area (Å²) in [7, 11) is 0. The molecule has 124 valence electrons. The van der Waals surface area contributed by atoms with Crippen LogP contribution in [-0.4, -0.2) is 37.2 Å². The zero-order valence-corrected chi connectivity index (χ0v) is 13.8. The van der Waals surface area contributed by atoms with Gasteiger partial charge in [0.05, 0.1) is 13.2 Å². The Balaban J connectivity index is 2.06. The van der Waals surface area contributed by atoms with Gasteiger partial charge in [0.25, 0.3) is 0 Å². The van der Waals surface area contributed by atoms with Crippen molar-refractivity contribution in [1.29, 1.82) is 0 Å². The van der Waals surface area contributed by atoms with Crippen LogP contribution in [0.4, 0.5) is 0 Å². The van der Waals surface area contributed by atoms with Gasteiger partial charge in [0.1, 0.15) is 5.82 Å². The molecular weight excluding hydrogens is 308 g/mol. The first kappa shape index (κ1) is 15.9. The number of hydrogen-bond acceptors (Lipinski definition) is 6. The number of aromatic nitrogens is 5. The highest BCUT2D eigenvalue weighted by molar-refractivity contribution is 5.73. The monoisotopic (exact) mass is 326 g/mol. The molecular formula is C16H18N6O2. The van der Waals surface area contributed by atoms with Crippen LogP contribution in [0.3, 0.4) is 0 Å². The summed E-state index contributed by atoms with van der Waals surface area (Å²) in [5.74, 6) is 0.837. The molecule has 0 saturated carbocycles. The Morgan fingerprint density at radius 2 is 2.04 bits per heavy atom. The van der Waals surface area contributed by atoms with Crippen LogP contribution >= 0.6 is 0 Å². The molecule has 0 spiro atoms. The molecule has 0 fully saturated rings. The average molecular weight is 326 g/mol. The lowest BCUT2D eigenvalue weighted by molar-refractivity contribution is 0.320. The minimum absolute atomic E-state index is 0.185. The van der Waals surface area contributed by atoms with E-state index in [2.05, 4.69) is 20.4 Å². The molecule has 0 atom stereocenters. The van der Waals surface area contributed by atoms with Crippen LogP contribution in [0, 0.1) is 6.92 Å². The molecule has 0 aliphatic heterocycles. The van der Waals surface area contributed by atoms with E-state index in [0.29, 0.717) is 30.5 Å². The second-order valence-electron chi connectivity index (χ2n) is 5.23. The predicted molar refractivity (Wildman–Crippen MR) is 90.0 cm³/mol. The summed E-state index contributed by atoms with van der Waals surface area (Å²) in [4.78, 5) is 17.0. The zero-order chi connectivity index (χ0) is 17.1. The Labute approximate surface area is 138 Å². The molecule has 24 heavy (non-hydrogen) atoms. The fraction of sp³-hybridized carbons (Fsp3) is 0.312. The van der Waals surface area contributed by atoms with E-state index < -0.39 is 0 Å². The van der Waals surface area contributed by atoms with Gasteiger partial charge in [-0.25, -0.2) is 9.67 Å². The van der Waals surface area contributed by atoms with Crippen LogP contribution in [0.25, 0.3) is 11.2 Å². The Morgan fingerprint density at radius 1 is 1.29 bits per heavy atom. The molecule has 2 aromatic heterocycles. The highest BCUT2D eigenvalue weighted by atomic mass is 16.5. The topological polar surface area (TPSA) is 87.2 Å². The maximum atomic E-state index is 12.6. The first-order valence-electron chi connectivity index (χ1n) is 7.65. The van der Waals surface area contributed by atoms with E-state index in [0.717, 1.165) is 5.56 Å². The number of hydrogen-bond donors (Lipinski definition) is 0. The molecule has 0 bridgehead atoms. The maximum absolute atomic E-state index is 12.6. The second kappa shape index (κ2) is 6.61. The molecule has 0 unspecified atom stereocenters. The number of rotatable bonds is 4. The maximum Gasteiger partial charge on any atom is 0.304 e. The summed E-state index contributed by atoms with van der Waals surface area (Å²) in [6.45, 7) is 6.22. The molecule has 8 nitrogen and oxygen atoms in total. The SMILES string of the molecule is CCO/C(C)=N/n1c(C)nc2c(nnn2Cc2ccccc2)c1=O. The molecule has 1 aromatic carbocycles. The van der Waals surface area contributed by atoms with E-state index >= 15 is 0 Å². The number of ether oxygens (including phenoxy) is 1. The highest BCUT2D eigenvalue weighted by Gasteiger charge is 2.15. The minimum atomic E-state index is -0.365. The quantitative estimate of drug-likeness (QED) is 0.536. The van der Waals surface area contributed by atoms with Crippen LogP contribution in [-0.2, 0) is 11.3 Å². The van der Waals surface area contributed by atoms with Crippen LogP contribution in [0.2, 0.25) is 0 Å². The molecule has 0 N–H and O–H groups in total. The van der Waals surface area contributed by atoms with E-state index in [1.807, 2.05) is 37.3 Å². The van der Waals surface area contributed by atoms with Gasteiger partial charge in [-0.1, -0.05) is 35.5 Å². The van der Waals surface area contributed by atoms with Crippen LogP contribution < -0.4 is 5.56 Å². The normalized spacial score (nSPS) is 11.9. The summed E-state index contributed by atoms with van der Waals surface area (Å²) in [5, 5.41) is 12.2. The number of nitrogens with zero attached hydrogens (tertiary/aromatic N) is 6. The van der Waals surface area contributed by atoms with Crippen LogP contribution in [0.5, 0.6) is 0 Å². The van der Waals surface area contributed by atoms with Gasteiger partial charge >= 0.3 is 5.56 Å². The Bertz CT molecular complexity index is 942. The number of aryl methyl sites for hydroxylation is 1. The van der Waals surface area contributed by atoms with Gasteiger partial charge in [0.15, 0.2) is 11.2 Å². The van der Waals surface area contributed by atoms with Crippen molar-refractivity contribution in [3.63, 3.8) is 0 Å². The van der Waals surface area contributed by atoms with Crippen molar-refractivity contribution in [2.45, 2.75) is 27.3 Å². The van der Waals surface area contributed by atoms with E-state index in [1.54, 1.807) is 18.5 Å². The molecule has 0 saturated heterocycles. The summed E-state index contributed by atoms with van der Waals surface area (Å²) in [6, 6.07) is 9.81. The minimum Gasteiger partial charge on any atom is -0.480 e. The van der Waals surface area contributed by atoms with Crippen LogP contribution in [0.1, 0.15) is 25.2 Å². The summed E-state index contributed by atoms with van der Waals surface area (Å²) >= 11 is 0. The largest absolute Gasteiger partial charge is 0.480 e. The van der Waals surface area contributed by atoms with Gasteiger partial charge < -0.3 is 4.74 Å². The van der Waals surface area contributed by atoms with Crippen molar-refractivity contribution in [1.82, 2.24) is 24.7 Å². The lowest BCUT2D eigenvalue weighted by Crippen LogP contribution is -2.22. The third kappa shape index (κ3) is 3.03. The molecule has 0 aliphatic rings. The molecule has 0 amide bonds. The van der Waals surface area contributed by atoms with Crippen molar-refractivity contribution in [2.24, 2.45) is 5.10 Å². The molecule has 2 heterocycles. The average Bonchev–Trinajstić information content (AvgIpc) is 2.95. The highest BCUT2D eigenvalue weighted by Crippen LogP contribution is 2.08. The smallest absolute Gasteiger partial charge is 0.304 e. The Morgan fingerprint density at radius 3 is 2.75 bits per heavy atom. The van der Waals surface area contributed by atoms with Crippen molar-refractivity contribution in [2.75, 3.05) is 6.61 Å². The van der Waals surface area contributed by atoms with E-state index in [9.17, 15) is 4.79 Å². The van der Waals surface area contributed by atoms with Crippen molar-refractivity contribution in [3.05, 3.63) is 52.1 Å². The summed E-state index contributed by atoms with van der Waals surface area (Å²) in [6.07, 6.45) is 0. The van der Waals surface area contributed by atoms with Crippen molar-refractivity contribution >= 4 is 17.1 Å². The first-order valence-corrected chi connectivity index (χ1v) is 7.65. The standard InChI is InChI=1S/C16H18N6O2/c1-4-24-12(3)19-22-11(2)17-15-14(16(22)23)18-20-21(15)10-13-8-6-5-7-9-13/h5-9H,4,10H2,1-3H3/b19-12+. The Kier molecular flexibility index (Phi) is 4.37. The van der Waals surface area contributed by atoms with Crippen molar-refractivity contribution < 1.29 is 4.74 Å². The first-order chi connectivity index (χ1) is 11.6. The third-order valence-electron chi connectivity index (χ3n) is 3.45. The van der Waals surface area contributed by atoms with E-state index in [4.69, 9.17) is 4.74 Å². The Hall–Kier alpha value is -3.03. The lowest BCUT2D eigenvalue weighted by Gasteiger charge is -2.06. The number of benzene rings is 1. The molecule has 8 heteroatoms. The number of fused-ring (bicyclic) bond motifs is 1. The molecule has 3 rings (SSSR count). The molecule has 3 aromatic rings. The van der Waals surface area contributed by atoms with E-state index in [1.165, 1.54) is 4.68 Å². The fourth-order valence-corrected chi connectivity index (χ4v) is 2.36. The van der Waals surface area contributed by atoms with E-state index in [-0.39, 0.29) is 11.1 Å². The third-order valence-corrected chi connectivity index (χ3v) is 3.45. The van der Waals surface area contributed by atoms with Gasteiger partial charge in [-0.2, -0.15) is 4.68 Å². The van der Waals surface area contributed by atoms with Gasteiger partial charge in [0, 0.05) is 6.92 Å². The lowest BCUT2D eigenvalue weighted by atomic mass is 10.2. The van der Waals surface area contributed by atoms with Gasteiger partial charge in [0.2, 0.25) is 5.90 Å². The van der Waals surface area contributed by atoms with Gasteiger partial charge in [-0.05, 0) is 19.4 Å². The second-order valence-corrected chi connectivity index (χ2v) is 5.23. The summed E-state index contributed by atoms with van der Waals surface area (Å²) < 4.78 is 8.08. The van der Waals surface area contributed by atoms with Crippen molar-refractivity contribution in [3.8, 4) is 0 Å². The van der Waals surface area contributed by atoms with Gasteiger partial charge in [-0.15, -0.1) is 10.2 Å². The molecule has 0 radical (unpaired) electrons. The van der Waals surface area contributed by atoms with Gasteiger partial charge in [-0.3, -0.25) is 4.79 Å².